The van der Waals surface area contributed by atoms with E-state index in [1.54, 1.807) is 12.1 Å². The van der Waals surface area contributed by atoms with Crippen LogP contribution in [0.15, 0.2) is 24.3 Å². The van der Waals surface area contributed by atoms with Crippen molar-refractivity contribution in [2.45, 2.75) is 18.9 Å². The van der Waals surface area contributed by atoms with Crippen LogP contribution in [0.4, 0.5) is 0 Å². The smallest absolute Gasteiger partial charge is 0.338 e. The second kappa shape index (κ2) is 6.49. The lowest BCUT2D eigenvalue weighted by atomic mass is 10.0. The highest BCUT2D eigenvalue weighted by Gasteiger charge is 2.36. The van der Waals surface area contributed by atoms with Crippen molar-refractivity contribution in [2.75, 3.05) is 20.8 Å². The zero-order valence-corrected chi connectivity index (χ0v) is 13.5. The Bertz CT molecular complexity index is 707. The van der Waals surface area contributed by atoms with Gasteiger partial charge in [0.05, 0.1) is 31.5 Å². The molecule has 1 saturated heterocycles. The minimum atomic E-state index is -0.550. The number of hydrogen-bond donors (Lipinski definition) is 1. The van der Waals surface area contributed by atoms with E-state index in [-0.39, 0.29) is 23.0 Å². The zero-order chi connectivity index (χ0) is 17.3. The maximum absolute atomic E-state index is 12.4. The third kappa shape index (κ3) is 2.59. The van der Waals surface area contributed by atoms with Gasteiger partial charge in [0, 0.05) is 12.2 Å². The molecule has 1 aliphatic heterocycles. The van der Waals surface area contributed by atoms with Crippen LogP contribution in [-0.2, 0) is 14.2 Å². The summed E-state index contributed by atoms with van der Waals surface area (Å²) >= 11 is 0. The van der Waals surface area contributed by atoms with Gasteiger partial charge in [-0.25, -0.2) is 9.59 Å². The van der Waals surface area contributed by atoms with Crippen LogP contribution < -0.4 is 0 Å². The molecule has 0 saturated carbocycles. The van der Waals surface area contributed by atoms with Gasteiger partial charge in [0.1, 0.15) is 5.75 Å². The van der Waals surface area contributed by atoms with Gasteiger partial charge >= 0.3 is 11.9 Å². The Labute approximate surface area is 139 Å². The maximum atomic E-state index is 12.4. The van der Waals surface area contributed by atoms with Crippen LogP contribution >= 0.6 is 0 Å². The molecule has 24 heavy (non-hydrogen) atoms. The predicted molar refractivity (Wildman–Crippen MR) is 85.3 cm³/mol. The van der Waals surface area contributed by atoms with Gasteiger partial charge in [-0.15, -0.1) is 0 Å². The molecule has 0 aromatic rings. The van der Waals surface area contributed by atoms with Crippen molar-refractivity contribution in [1.29, 1.82) is 0 Å². The van der Waals surface area contributed by atoms with Crippen LogP contribution in [0.3, 0.4) is 0 Å². The van der Waals surface area contributed by atoms with Crippen LogP contribution in [0, 0.1) is 0 Å². The molecule has 0 spiro atoms. The van der Waals surface area contributed by atoms with Crippen molar-refractivity contribution in [1.82, 2.24) is 0 Å². The van der Waals surface area contributed by atoms with E-state index in [1.807, 2.05) is 0 Å². The Morgan fingerprint density at radius 1 is 1.04 bits per heavy atom. The Balaban J connectivity index is 2.37. The molecule has 2 aliphatic carbocycles. The van der Waals surface area contributed by atoms with Gasteiger partial charge < -0.3 is 19.3 Å². The minimum Gasteiger partial charge on any atom is -0.508 e. The number of ether oxygens (including phenoxy) is 3. The monoisotopic (exact) mass is 330 g/mol. The fourth-order valence-electron chi connectivity index (χ4n) is 3.19. The lowest BCUT2D eigenvalue weighted by Crippen LogP contribution is -2.11. The SMILES string of the molecule is COC(=O)c1c2ccc(O)ccc-2c(C(=O)OC)c1C1CCCO1. The van der Waals surface area contributed by atoms with Gasteiger partial charge in [0.15, 0.2) is 0 Å². The van der Waals surface area contributed by atoms with E-state index in [0.717, 1.165) is 6.42 Å². The van der Waals surface area contributed by atoms with Crippen LogP contribution in [0.2, 0.25) is 0 Å². The van der Waals surface area contributed by atoms with Gasteiger partial charge in [-0.2, -0.15) is 0 Å². The van der Waals surface area contributed by atoms with Gasteiger partial charge in [0.2, 0.25) is 0 Å². The van der Waals surface area contributed by atoms with Gasteiger partial charge in [0.25, 0.3) is 0 Å². The van der Waals surface area contributed by atoms with E-state index in [9.17, 15) is 14.7 Å². The van der Waals surface area contributed by atoms with Crippen molar-refractivity contribution in [3.8, 4) is 16.9 Å². The van der Waals surface area contributed by atoms with E-state index < -0.39 is 11.9 Å². The summed E-state index contributed by atoms with van der Waals surface area (Å²) in [6.07, 6.45) is 1.20. The van der Waals surface area contributed by atoms with E-state index in [4.69, 9.17) is 14.2 Å². The fraction of sp³-hybridized carbons (Fsp3) is 0.333. The summed E-state index contributed by atoms with van der Waals surface area (Å²) in [5.41, 5.74) is 2.12. The molecule has 0 amide bonds. The van der Waals surface area contributed by atoms with Gasteiger partial charge in [-0.3, -0.25) is 0 Å². The molecule has 1 heterocycles. The van der Waals surface area contributed by atoms with Gasteiger partial charge in [-0.05, 0) is 48.2 Å². The Hall–Kier alpha value is -2.60. The van der Waals surface area contributed by atoms with E-state index in [0.29, 0.717) is 29.7 Å². The van der Waals surface area contributed by atoms with Crippen molar-refractivity contribution < 1.29 is 28.9 Å². The molecular weight excluding hydrogens is 312 g/mol. The average molecular weight is 330 g/mol. The summed E-state index contributed by atoms with van der Waals surface area (Å²) in [5, 5.41) is 9.72. The van der Waals surface area contributed by atoms with Crippen molar-refractivity contribution in [2.24, 2.45) is 0 Å². The van der Waals surface area contributed by atoms with Crippen LogP contribution in [-0.4, -0.2) is 37.9 Å². The molecule has 0 aromatic heterocycles. The number of methoxy groups -OCH3 is 2. The van der Waals surface area contributed by atoms with Crippen molar-refractivity contribution in [3.05, 3.63) is 41.0 Å². The van der Waals surface area contributed by atoms with E-state index in [1.165, 1.54) is 26.4 Å². The summed E-state index contributed by atoms with van der Waals surface area (Å²) in [4.78, 5) is 24.8. The molecular formula is C18H18O6. The molecule has 0 radical (unpaired) electrons. The van der Waals surface area contributed by atoms with Crippen molar-refractivity contribution in [3.63, 3.8) is 0 Å². The summed E-state index contributed by atoms with van der Waals surface area (Å²) < 4.78 is 15.6. The number of fused-ring (bicyclic) bond motifs is 1. The van der Waals surface area contributed by atoms with Crippen LogP contribution in [0.1, 0.15) is 45.2 Å². The highest BCUT2D eigenvalue weighted by molar-refractivity contribution is 6.10. The summed E-state index contributed by atoms with van der Waals surface area (Å²) in [6, 6.07) is 6.13. The number of carbonyl (C=O) groups excluding carboxylic acids is 2. The Kier molecular flexibility index (Phi) is 4.40. The molecule has 1 unspecified atom stereocenters. The first-order valence-electron chi connectivity index (χ1n) is 7.65. The van der Waals surface area contributed by atoms with Crippen molar-refractivity contribution >= 4 is 11.9 Å². The second-order valence-corrected chi connectivity index (χ2v) is 5.57. The molecule has 0 aromatic carbocycles. The third-order valence-corrected chi connectivity index (χ3v) is 4.24. The number of esters is 2. The second-order valence-electron chi connectivity index (χ2n) is 5.57. The highest BCUT2D eigenvalue weighted by Crippen LogP contribution is 2.44. The molecule has 6 heteroatoms. The fourth-order valence-corrected chi connectivity index (χ4v) is 3.19. The summed E-state index contributed by atoms with van der Waals surface area (Å²) in [6.45, 7) is 0.571. The van der Waals surface area contributed by atoms with Crippen LogP contribution in [0.5, 0.6) is 5.75 Å². The molecule has 1 atom stereocenters. The summed E-state index contributed by atoms with van der Waals surface area (Å²) in [5.74, 6) is -1.07. The highest BCUT2D eigenvalue weighted by atomic mass is 16.5. The molecule has 126 valence electrons. The first-order chi connectivity index (χ1) is 11.6. The minimum absolute atomic E-state index is 0.0245. The lowest BCUT2D eigenvalue weighted by Gasteiger charge is -2.13. The number of carbonyl (C=O) groups is 2. The first kappa shape index (κ1) is 16.3. The first-order valence-corrected chi connectivity index (χ1v) is 7.65. The standard InChI is InChI=1S/C18H18O6/c1-22-17(20)14-11-7-5-10(19)6-8-12(11)15(18(21)23-2)16(14)13-4-3-9-24-13/h5-8,13,19H,3-4,9H2,1-2H3. The normalized spacial score (nSPS) is 17.0. The maximum Gasteiger partial charge on any atom is 0.338 e. The molecule has 6 nitrogen and oxygen atoms in total. The van der Waals surface area contributed by atoms with Crippen LogP contribution in [0.25, 0.3) is 11.1 Å². The third-order valence-electron chi connectivity index (χ3n) is 4.24. The molecule has 3 rings (SSSR count). The molecule has 1 N–H and O–H groups in total. The number of aromatic hydroxyl groups is 1. The van der Waals surface area contributed by atoms with E-state index in [2.05, 4.69) is 0 Å². The molecule has 0 bridgehead atoms. The zero-order valence-electron chi connectivity index (χ0n) is 13.5. The molecule has 1 fully saturated rings. The largest absolute Gasteiger partial charge is 0.508 e. The number of hydrogen-bond acceptors (Lipinski definition) is 6. The van der Waals surface area contributed by atoms with Gasteiger partial charge in [-0.1, -0.05) is 0 Å². The predicted octanol–water partition coefficient (Wildman–Crippen LogP) is 2.92. The number of rotatable bonds is 3. The van der Waals surface area contributed by atoms with E-state index >= 15 is 0 Å². The lowest BCUT2D eigenvalue weighted by molar-refractivity contribution is 0.0580. The topological polar surface area (TPSA) is 82.1 Å². The molecule has 3 aliphatic rings. The average Bonchev–Trinajstić information content (AvgIpc) is 3.18. The summed E-state index contributed by atoms with van der Waals surface area (Å²) in [7, 11) is 2.58. The quantitative estimate of drug-likeness (QED) is 0.871. The Morgan fingerprint density at radius 2 is 1.58 bits per heavy atom. The Morgan fingerprint density at radius 3 is 2.00 bits per heavy atom.